The van der Waals surface area contributed by atoms with Crippen molar-refractivity contribution in [3.05, 3.63) is 34.3 Å². The Morgan fingerprint density at radius 3 is 2.65 bits per heavy atom. The summed E-state index contributed by atoms with van der Waals surface area (Å²) in [5.41, 5.74) is 0.772. The molecule has 1 aromatic rings. The molecular weight excluding hydrogens is 346 g/mol. The third-order valence-corrected chi connectivity index (χ3v) is 4.58. The van der Waals surface area contributed by atoms with Crippen molar-refractivity contribution in [3.8, 4) is 0 Å². The summed E-state index contributed by atoms with van der Waals surface area (Å²) in [6.07, 6.45) is 1.10. The molecule has 2 atom stereocenters. The first kappa shape index (κ1) is 13.1. The van der Waals surface area contributed by atoms with Crippen molar-refractivity contribution in [1.29, 1.82) is 0 Å². The predicted octanol–water partition coefficient (Wildman–Crippen LogP) is 3.69. The van der Waals surface area contributed by atoms with Gasteiger partial charge in [0.05, 0.1) is 0 Å². The highest BCUT2D eigenvalue weighted by Gasteiger charge is 2.33. The lowest BCUT2D eigenvalue weighted by atomic mass is 10.0. The van der Waals surface area contributed by atoms with Crippen LogP contribution in [-0.4, -0.2) is 28.7 Å². The van der Waals surface area contributed by atoms with E-state index in [2.05, 4.69) is 38.8 Å². The molecule has 1 fully saturated rings. The molecule has 0 aromatic heterocycles. The first-order valence-corrected chi connectivity index (χ1v) is 7.67. The Bertz CT molecular complexity index is 404. The minimum Gasteiger partial charge on any atom is -0.335 e. The molecule has 1 amide bonds. The topological polar surface area (TPSA) is 20.3 Å². The zero-order chi connectivity index (χ0) is 12.4. The van der Waals surface area contributed by atoms with Crippen molar-refractivity contribution in [3.63, 3.8) is 0 Å². The number of benzene rings is 1. The molecule has 2 unspecified atom stereocenters. The molecule has 1 saturated heterocycles. The maximum absolute atomic E-state index is 12.4. The number of hydrogen-bond donors (Lipinski definition) is 0. The van der Waals surface area contributed by atoms with Crippen LogP contribution in [0.25, 0.3) is 0 Å². The number of amides is 1. The summed E-state index contributed by atoms with van der Waals surface area (Å²) < 4.78 is 1.00. The average molecular weight is 361 g/mol. The zero-order valence-corrected chi connectivity index (χ0v) is 12.9. The van der Waals surface area contributed by atoms with E-state index in [1.165, 1.54) is 0 Å². The van der Waals surface area contributed by atoms with Crippen molar-refractivity contribution in [2.24, 2.45) is 5.92 Å². The van der Waals surface area contributed by atoms with Crippen molar-refractivity contribution in [1.82, 2.24) is 4.90 Å². The molecule has 0 spiro atoms. The van der Waals surface area contributed by atoms with Gasteiger partial charge in [0.15, 0.2) is 0 Å². The van der Waals surface area contributed by atoms with Crippen LogP contribution in [0.1, 0.15) is 23.7 Å². The van der Waals surface area contributed by atoms with Crippen molar-refractivity contribution < 1.29 is 4.79 Å². The van der Waals surface area contributed by atoms with Gasteiger partial charge in [-0.05, 0) is 36.6 Å². The Kier molecular flexibility index (Phi) is 4.26. The van der Waals surface area contributed by atoms with Crippen LogP contribution in [0.2, 0.25) is 0 Å². The molecule has 4 heteroatoms. The van der Waals surface area contributed by atoms with Crippen LogP contribution in [-0.2, 0) is 0 Å². The average Bonchev–Trinajstić information content (AvgIpc) is 2.70. The number of alkyl halides is 1. The maximum Gasteiger partial charge on any atom is 0.254 e. The van der Waals surface area contributed by atoms with Gasteiger partial charge in [-0.1, -0.05) is 38.8 Å². The number of halogens is 2. The lowest BCUT2D eigenvalue weighted by molar-refractivity contribution is 0.0738. The van der Waals surface area contributed by atoms with E-state index in [0.717, 1.165) is 28.3 Å². The Hall–Kier alpha value is -0.350. The van der Waals surface area contributed by atoms with Gasteiger partial charge in [0, 0.05) is 28.0 Å². The SMILES string of the molecule is CC1CCN(C(=O)c2ccc(Br)cc2)C1CBr. The molecule has 1 aromatic carbocycles. The smallest absolute Gasteiger partial charge is 0.254 e. The minimum absolute atomic E-state index is 0.145. The van der Waals surface area contributed by atoms with E-state index in [-0.39, 0.29) is 5.91 Å². The molecule has 0 N–H and O–H groups in total. The Morgan fingerprint density at radius 1 is 1.41 bits per heavy atom. The second-order valence-corrected chi connectivity index (χ2v) is 6.06. The molecule has 0 bridgehead atoms. The van der Waals surface area contributed by atoms with Gasteiger partial charge < -0.3 is 4.90 Å². The monoisotopic (exact) mass is 359 g/mol. The van der Waals surface area contributed by atoms with E-state index < -0.39 is 0 Å². The summed E-state index contributed by atoms with van der Waals surface area (Å²) in [6.45, 7) is 3.08. The summed E-state index contributed by atoms with van der Waals surface area (Å²) in [7, 11) is 0. The van der Waals surface area contributed by atoms with Crippen LogP contribution in [0.5, 0.6) is 0 Å². The Morgan fingerprint density at radius 2 is 2.06 bits per heavy atom. The van der Waals surface area contributed by atoms with E-state index in [0.29, 0.717) is 12.0 Å². The fraction of sp³-hybridized carbons (Fsp3) is 0.462. The molecule has 1 heterocycles. The number of carbonyl (C=O) groups excluding carboxylic acids is 1. The third-order valence-electron chi connectivity index (χ3n) is 3.39. The largest absolute Gasteiger partial charge is 0.335 e. The Labute approximate surface area is 119 Å². The third kappa shape index (κ3) is 2.74. The van der Waals surface area contributed by atoms with E-state index in [1.54, 1.807) is 0 Å². The standard InChI is InChI=1S/C13H15Br2NO/c1-9-6-7-16(12(9)8-14)13(17)10-2-4-11(15)5-3-10/h2-5,9,12H,6-8H2,1H3. The molecule has 1 aliphatic rings. The van der Waals surface area contributed by atoms with E-state index >= 15 is 0 Å². The summed E-state index contributed by atoms with van der Waals surface area (Å²) in [4.78, 5) is 14.4. The summed E-state index contributed by atoms with van der Waals surface area (Å²) in [5, 5.41) is 0.858. The van der Waals surface area contributed by atoms with Gasteiger partial charge in [-0.2, -0.15) is 0 Å². The highest BCUT2D eigenvalue weighted by molar-refractivity contribution is 9.10. The Balaban J connectivity index is 2.17. The fourth-order valence-corrected chi connectivity index (χ4v) is 3.51. The molecule has 17 heavy (non-hydrogen) atoms. The van der Waals surface area contributed by atoms with Crippen LogP contribution < -0.4 is 0 Å². The van der Waals surface area contributed by atoms with Crippen LogP contribution in [0.4, 0.5) is 0 Å². The summed E-state index contributed by atoms with van der Waals surface area (Å²) in [5.74, 6) is 0.722. The normalized spacial score (nSPS) is 24.1. The zero-order valence-electron chi connectivity index (χ0n) is 9.70. The van der Waals surface area contributed by atoms with E-state index in [1.807, 2.05) is 29.2 Å². The van der Waals surface area contributed by atoms with Crippen LogP contribution in [0.3, 0.4) is 0 Å². The molecular formula is C13H15Br2NO. The highest BCUT2D eigenvalue weighted by atomic mass is 79.9. The van der Waals surface area contributed by atoms with Crippen molar-refractivity contribution in [2.45, 2.75) is 19.4 Å². The van der Waals surface area contributed by atoms with Gasteiger partial charge in [-0.3, -0.25) is 4.79 Å². The van der Waals surface area contributed by atoms with Gasteiger partial charge in [0.25, 0.3) is 5.91 Å². The highest BCUT2D eigenvalue weighted by Crippen LogP contribution is 2.27. The molecule has 2 rings (SSSR count). The number of hydrogen-bond acceptors (Lipinski definition) is 1. The van der Waals surface area contributed by atoms with E-state index in [4.69, 9.17) is 0 Å². The van der Waals surface area contributed by atoms with Crippen molar-refractivity contribution in [2.75, 3.05) is 11.9 Å². The first-order chi connectivity index (χ1) is 8.13. The first-order valence-electron chi connectivity index (χ1n) is 5.76. The second-order valence-electron chi connectivity index (χ2n) is 4.49. The van der Waals surface area contributed by atoms with Crippen LogP contribution in [0.15, 0.2) is 28.7 Å². The molecule has 0 radical (unpaired) electrons. The lowest BCUT2D eigenvalue weighted by Gasteiger charge is -2.25. The van der Waals surface area contributed by atoms with Gasteiger partial charge in [0.1, 0.15) is 0 Å². The van der Waals surface area contributed by atoms with Gasteiger partial charge >= 0.3 is 0 Å². The summed E-state index contributed by atoms with van der Waals surface area (Å²) >= 11 is 6.89. The van der Waals surface area contributed by atoms with Gasteiger partial charge in [0.2, 0.25) is 0 Å². The number of carbonyl (C=O) groups is 1. The minimum atomic E-state index is 0.145. The number of nitrogens with zero attached hydrogens (tertiary/aromatic N) is 1. The van der Waals surface area contributed by atoms with Gasteiger partial charge in [-0.15, -0.1) is 0 Å². The molecule has 2 nitrogen and oxygen atoms in total. The predicted molar refractivity (Wildman–Crippen MR) is 76.5 cm³/mol. The number of rotatable bonds is 2. The molecule has 92 valence electrons. The van der Waals surface area contributed by atoms with E-state index in [9.17, 15) is 4.79 Å². The van der Waals surface area contributed by atoms with Gasteiger partial charge in [-0.25, -0.2) is 0 Å². The summed E-state index contributed by atoms with van der Waals surface area (Å²) in [6, 6.07) is 7.90. The number of likely N-dealkylation sites (tertiary alicyclic amines) is 1. The molecule has 0 aliphatic carbocycles. The quantitative estimate of drug-likeness (QED) is 0.736. The van der Waals surface area contributed by atoms with Crippen LogP contribution in [0, 0.1) is 5.92 Å². The second kappa shape index (κ2) is 5.53. The van der Waals surface area contributed by atoms with Crippen LogP contribution >= 0.6 is 31.9 Å². The fourth-order valence-electron chi connectivity index (χ4n) is 2.25. The lowest BCUT2D eigenvalue weighted by Crippen LogP contribution is -2.38. The van der Waals surface area contributed by atoms with Crippen molar-refractivity contribution >= 4 is 37.8 Å². The maximum atomic E-state index is 12.4. The molecule has 1 aliphatic heterocycles. The molecule has 0 saturated carbocycles.